The van der Waals surface area contributed by atoms with E-state index in [4.69, 9.17) is 4.74 Å². The van der Waals surface area contributed by atoms with Crippen molar-refractivity contribution in [2.75, 3.05) is 25.5 Å². The van der Waals surface area contributed by atoms with Gasteiger partial charge in [0.2, 0.25) is 0 Å². The Hall–Kier alpha value is -2.46. The Bertz CT molecular complexity index is 834. The van der Waals surface area contributed by atoms with E-state index in [0.717, 1.165) is 31.1 Å². The molecule has 0 aliphatic carbocycles. The molecule has 0 saturated carbocycles. The zero-order valence-corrected chi connectivity index (χ0v) is 14.7. The SMILES string of the molecule is COc1cccc(NC2CCN(Cc3c[nH]c4ccccc34)CC2)c1. The molecule has 130 valence electrons. The third-order valence-electron chi connectivity index (χ3n) is 5.10. The molecule has 1 saturated heterocycles. The number of ether oxygens (including phenoxy) is 1. The van der Waals surface area contributed by atoms with Gasteiger partial charge < -0.3 is 15.0 Å². The minimum absolute atomic E-state index is 0.534. The van der Waals surface area contributed by atoms with Gasteiger partial charge in [0, 0.05) is 54.5 Å². The average Bonchev–Trinajstić information content (AvgIpc) is 3.07. The second-order valence-corrected chi connectivity index (χ2v) is 6.79. The molecule has 0 bridgehead atoms. The summed E-state index contributed by atoms with van der Waals surface area (Å²) in [6.45, 7) is 3.28. The van der Waals surface area contributed by atoms with Crippen LogP contribution >= 0.6 is 0 Å². The smallest absolute Gasteiger partial charge is 0.120 e. The minimum atomic E-state index is 0.534. The molecule has 1 aliphatic heterocycles. The first kappa shape index (κ1) is 16.0. The summed E-state index contributed by atoms with van der Waals surface area (Å²) < 4.78 is 5.30. The number of aromatic amines is 1. The van der Waals surface area contributed by atoms with E-state index in [1.165, 1.54) is 29.3 Å². The number of nitrogens with one attached hydrogen (secondary N) is 2. The van der Waals surface area contributed by atoms with Crippen molar-refractivity contribution < 1.29 is 4.74 Å². The summed E-state index contributed by atoms with van der Waals surface area (Å²) in [6, 6.07) is 17.3. The molecule has 25 heavy (non-hydrogen) atoms. The van der Waals surface area contributed by atoms with Crippen LogP contribution in [0.15, 0.2) is 54.7 Å². The average molecular weight is 335 g/mol. The number of nitrogens with zero attached hydrogens (tertiary/aromatic N) is 1. The number of aromatic nitrogens is 1. The van der Waals surface area contributed by atoms with E-state index in [1.807, 2.05) is 12.1 Å². The number of likely N-dealkylation sites (tertiary alicyclic amines) is 1. The first-order valence-electron chi connectivity index (χ1n) is 9.00. The molecule has 0 atom stereocenters. The molecule has 3 aromatic rings. The van der Waals surface area contributed by atoms with Crippen molar-refractivity contribution >= 4 is 16.6 Å². The predicted molar refractivity (Wildman–Crippen MR) is 103 cm³/mol. The predicted octanol–water partition coefficient (Wildman–Crippen LogP) is 4.25. The van der Waals surface area contributed by atoms with Crippen molar-refractivity contribution in [1.29, 1.82) is 0 Å². The lowest BCUT2D eigenvalue weighted by atomic mass is 10.0. The van der Waals surface area contributed by atoms with Crippen LogP contribution in [0.25, 0.3) is 10.9 Å². The number of rotatable bonds is 5. The van der Waals surface area contributed by atoms with Gasteiger partial charge >= 0.3 is 0 Å². The molecule has 1 fully saturated rings. The highest BCUT2D eigenvalue weighted by atomic mass is 16.5. The van der Waals surface area contributed by atoms with Crippen LogP contribution in [-0.4, -0.2) is 36.1 Å². The Morgan fingerprint density at radius 1 is 1.12 bits per heavy atom. The van der Waals surface area contributed by atoms with E-state index in [1.54, 1.807) is 7.11 Å². The highest BCUT2D eigenvalue weighted by molar-refractivity contribution is 5.82. The Morgan fingerprint density at radius 3 is 2.80 bits per heavy atom. The lowest BCUT2D eigenvalue weighted by Gasteiger charge is -2.32. The Labute approximate surface area is 148 Å². The van der Waals surface area contributed by atoms with E-state index < -0.39 is 0 Å². The summed E-state index contributed by atoms with van der Waals surface area (Å²) in [5, 5.41) is 5.00. The number of piperidine rings is 1. The first-order valence-corrected chi connectivity index (χ1v) is 9.00. The monoisotopic (exact) mass is 335 g/mol. The number of para-hydroxylation sites is 1. The number of anilines is 1. The number of hydrogen-bond acceptors (Lipinski definition) is 3. The van der Waals surface area contributed by atoms with Crippen molar-refractivity contribution in [3.05, 3.63) is 60.3 Å². The summed E-state index contributed by atoms with van der Waals surface area (Å²) in [6.07, 6.45) is 4.49. The summed E-state index contributed by atoms with van der Waals surface area (Å²) >= 11 is 0. The van der Waals surface area contributed by atoms with Crippen LogP contribution in [0.3, 0.4) is 0 Å². The van der Waals surface area contributed by atoms with Gasteiger partial charge in [0.05, 0.1) is 7.11 Å². The van der Waals surface area contributed by atoms with Crippen LogP contribution in [0.1, 0.15) is 18.4 Å². The fourth-order valence-corrected chi connectivity index (χ4v) is 3.69. The summed E-state index contributed by atoms with van der Waals surface area (Å²) in [7, 11) is 1.71. The van der Waals surface area contributed by atoms with E-state index in [-0.39, 0.29) is 0 Å². The zero-order valence-electron chi connectivity index (χ0n) is 14.7. The normalized spacial score (nSPS) is 16.2. The number of benzene rings is 2. The van der Waals surface area contributed by atoms with Crippen LogP contribution in [-0.2, 0) is 6.54 Å². The van der Waals surface area contributed by atoms with Gasteiger partial charge in [-0.05, 0) is 36.6 Å². The molecule has 2 N–H and O–H groups in total. The van der Waals surface area contributed by atoms with Gasteiger partial charge in [0.25, 0.3) is 0 Å². The molecule has 1 aliphatic rings. The molecule has 2 heterocycles. The highest BCUT2D eigenvalue weighted by Gasteiger charge is 2.20. The number of methoxy groups -OCH3 is 1. The topological polar surface area (TPSA) is 40.3 Å². The second kappa shape index (κ2) is 7.19. The molecule has 4 heteroatoms. The largest absolute Gasteiger partial charge is 0.497 e. The number of H-pyrrole nitrogens is 1. The molecule has 1 aromatic heterocycles. The molecule has 0 amide bonds. The molecule has 0 spiro atoms. The van der Waals surface area contributed by atoms with Crippen LogP contribution in [0.4, 0.5) is 5.69 Å². The second-order valence-electron chi connectivity index (χ2n) is 6.79. The third-order valence-corrected chi connectivity index (χ3v) is 5.10. The minimum Gasteiger partial charge on any atom is -0.497 e. The van der Waals surface area contributed by atoms with Gasteiger partial charge in [-0.1, -0.05) is 24.3 Å². The van der Waals surface area contributed by atoms with Crippen molar-refractivity contribution in [1.82, 2.24) is 9.88 Å². The standard InChI is InChI=1S/C21H25N3O/c1-25-19-6-4-5-18(13-19)23-17-9-11-24(12-10-17)15-16-14-22-21-8-3-2-7-20(16)21/h2-8,13-14,17,22-23H,9-12,15H2,1H3. The van der Waals surface area contributed by atoms with Crippen molar-refractivity contribution in [3.63, 3.8) is 0 Å². The molecule has 0 radical (unpaired) electrons. The van der Waals surface area contributed by atoms with E-state index in [0.29, 0.717) is 6.04 Å². The summed E-state index contributed by atoms with van der Waals surface area (Å²) in [5.41, 5.74) is 3.77. The number of fused-ring (bicyclic) bond motifs is 1. The molecule has 4 rings (SSSR count). The van der Waals surface area contributed by atoms with E-state index in [2.05, 4.69) is 57.8 Å². The molecule has 4 nitrogen and oxygen atoms in total. The van der Waals surface area contributed by atoms with Gasteiger partial charge in [0.15, 0.2) is 0 Å². The lowest BCUT2D eigenvalue weighted by molar-refractivity contribution is 0.212. The maximum Gasteiger partial charge on any atom is 0.120 e. The lowest BCUT2D eigenvalue weighted by Crippen LogP contribution is -2.38. The van der Waals surface area contributed by atoms with Gasteiger partial charge in [-0.3, -0.25) is 4.90 Å². The number of hydrogen-bond donors (Lipinski definition) is 2. The van der Waals surface area contributed by atoms with Gasteiger partial charge in [-0.15, -0.1) is 0 Å². The highest BCUT2D eigenvalue weighted by Crippen LogP contribution is 2.23. The first-order chi connectivity index (χ1) is 12.3. The van der Waals surface area contributed by atoms with Crippen LogP contribution in [0, 0.1) is 0 Å². The molecular formula is C21H25N3O. The fourth-order valence-electron chi connectivity index (χ4n) is 3.69. The summed E-state index contributed by atoms with van der Waals surface area (Å²) in [4.78, 5) is 5.93. The van der Waals surface area contributed by atoms with Crippen molar-refractivity contribution in [3.8, 4) is 5.75 Å². The van der Waals surface area contributed by atoms with Crippen molar-refractivity contribution in [2.45, 2.75) is 25.4 Å². The van der Waals surface area contributed by atoms with Gasteiger partial charge in [-0.25, -0.2) is 0 Å². The fraction of sp³-hybridized carbons (Fsp3) is 0.333. The molecule has 0 unspecified atom stereocenters. The maximum absolute atomic E-state index is 5.30. The Morgan fingerprint density at radius 2 is 1.96 bits per heavy atom. The quantitative estimate of drug-likeness (QED) is 0.732. The third kappa shape index (κ3) is 3.64. The zero-order chi connectivity index (χ0) is 17.1. The van der Waals surface area contributed by atoms with E-state index >= 15 is 0 Å². The van der Waals surface area contributed by atoms with Crippen LogP contribution in [0.5, 0.6) is 5.75 Å². The Balaban J connectivity index is 1.33. The maximum atomic E-state index is 5.30. The Kier molecular flexibility index (Phi) is 4.61. The van der Waals surface area contributed by atoms with E-state index in [9.17, 15) is 0 Å². The molecular weight excluding hydrogens is 310 g/mol. The van der Waals surface area contributed by atoms with Gasteiger partial charge in [-0.2, -0.15) is 0 Å². The van der Waals surface area contributed by atoms with Crippen molar-refractivity contribution in [2.24, 2.45) is 0 Å². The molecule has 2 aromatic carbocycles. The van der Waals surface area contributed by atoms with Crippen LogP contribution < -0.4 is 10.1 Å². The summed E-state index contributed by atoms with van der Waals surface area (Å²) in [5.74, 6) is 0.904. The van der Waals surface area contributed by atoms with Gasteiger partial charge in [0.1, 0.15) is 5.75 Å². The van der Waals surface area contributed by atoms with Crippen LogP contribution in [0.2, 0.25) is 0 Å².